The summed E-state index contributed by atoms with van der Waals surface area (Å²) in [6.07, 6.45) is 2.78. The summed E-state index contributed by atoms with van der Waals surface area (Å²) in [5.74, 6) is -4.12. The van der Waals surface area contributed by atoms with E-state index in [-0.39, 0.29) is 41.9 Å². The number of esters is 1. The molecule has 3 aliphatic rings. The van der Waals surface area contributed by atoms with Gasteiger partial charge in [-0.2, -0.15) is 0 Å². The van der Waals surface area contributed by atoms with Crippen molar-refractivity contribution in [2.75, 3.05) is 13.2 Å². The maximum atomic E-state index is 13.5. The molecule has 2 heterocycles. The van der Waals surface area contributed by atoms with Crippen molar-refractivity contribution in [2.45, 2.75) is 24.9 Å². The Bertz CT molecular complexity index is 1790. The fraction of sp³-hybridized carbons (Fsp3) is 0.171. The molecule has 0 aromatic heterocycles. The van der Waals surface area contributed by atoms with Gasteiger partial charge in [-0.1, -0.05) is 90.5 Å². The number of rotatable bonds is 10. The largest absolute Gasteiger partial charge is 0.455 e. The molecule has 3 amide bonds. The first-order chi connectivity index (χ1) is 21.7. The molecule has 0 N–H and O–H groups in total. The molecule has 0 spiro atoms. The molecular formula is C35H26N2O8. The van der Waals surface area contributed by atoms with Gasteiger partial charge in [0.1, 0.15) is 6.04 Å². The Balaban J connectivity index is 1.24. The molecule has 2 unspecified atom stereocenters. The van der Waals surface area contributed by atoms with Crippen LogP contribution in [0.15, 0.2) is 108 Å². The zero-order valence-corrected chi connectivity index (χ0v) is 23.9. The molecule has 2 aliphatic heterocycles. The highest BCUT2D eigenvalue weighted by Gasteiger charge is 2.54. The molecule has 1 fully saturated rings. The number of amides is 3. The molecule has 0 bridgehead atoms. The Morgan fingerprint density at radius 2 is 1.29 bits per heavy atom. The molecule has 3 aromatic rings. The van der Waals surface area contributed by atoms with Crippen LogP contribution in [0.1, 0.15) is 54.3 Å². The van der Waals surface area contributed by atoms with E-state index in [0.29, 0.717) is 16.7 Å². The first kappa shape index (κ1) is 29.3. The summed E-state index contributed by atoms with van der Waals surface area (Å²) in [7, 11) is 0. The van der Waals surface area contributed by atoms with Crippen LogP contribution in [0.3, 0.4) is 0 Å². The average Bonchev–Trinajstić information content (AvgIpc) is 3.31. The summed E-state index contributed by atoms with van der Waals surface area (Å²) in [6.45, 7) is -0.846. The minimum absolute atomic E-state index is 0.00924. The molecule has 3 aromatic carbocycles. The van der Waals surface area contributed by atoms with Gasteiger partial charge in [-0.05, 0) is 12.1 Å². The molecule has 224 valence electrons. The Labute approximate surface area is 257 Å². The van der Waals surface area contributed by atoms with Crippen LogP contribution in [0.5, 0.6) is 0 Å². The fourth-order valence-electron chi connectivity index (χ4n) is 5.66. The highest BCUT2D eigenvalue weighted by molar-refractivity contribution is 6.23. The number of allylic oxidation sites excluding steroid dienone is 3. The van der Waals surface area contributed by atoms with Crippen molar-refractivity contribution < 1.29 is 38.3 Å². The maximum absolute atomic E-state index is 13.5. The normalized spacial score (nSPS) is 18.1. The summed E-state index contributed by atoms with van der Waals surface area (Å²) in [5.41, 5.74) is 1.64. The quantitative estimate of drug-likeness (QED) is 0.149. The molecule has 45 heavy (non-hydrogen) atoms. The smallest absolute Gasteiger partial charge is 0.334 e. The van der Waals surface area contributed by atoms with Crippen molar-refractivity contribution in [3.63, 3.8) is 0 Å². The number of carbonyl (C=O) groups excluding carboxylic acids is 7. The lowest BCUT2D eigenvalue weighted by molar-refractivity contribution is -0.162. The predicted octanol–water partition coefficient (Wildman–Crippen LogP) is 3.39. The van der Waals surface area contributed by atoms with Gasteiger partial charge in [0.25, 0.3) is 11.8 Å². The second kappa shape index (κ2) is 12.1. The Kier molecular flexibility index (Phi) is 7.87. The third kappa shape index (κ3) is 5.53. The molecule has 10 nitrogen and oxygen atoms in total. The van der Waals surface area contributed by atoms with Crippen molar-refractivity contribution >= 4 is 41.0 Å². The van der Waals surface area contributed by atoms with Gasteiger partial charge in [-0.15, -0.1) is 0 Å². The van der Waals surface area contributed by atoms with Crippen LogP contribution in [-0.2, 0) is 19.1 Å². The Morgan fingerprint density at radius 3 is 1.84 bits per heavy atom. The number of carbonyl (C=O) groups is 7. The Hall–Kier alpha value is -5.77. The number of nitrogens with zero attached hydrogens (tertiary/aromatic N) is 2. The van der Waals surface area contributed by atoms with Crippen LogP contribution >= 0.6 is 0 Å². The first-order valence-corrected chi connectivity index (χ1v) is 14.3. The number of β-lactam (4-membered cyclic amide) rings is 1. The number of ketones is 3. The third-order valence-electron chi connectivity index (χ3n) is 8.04. The molecule has 1 saturated heterocycles. The molecule has 1 aliphatic carbocycles. The van der Waals surface area contributed by atoms with Gasteiger partial charge in [0, 0.05) is 29.5 Å². The number of hydrogen-bond donors (Lipinski definition) is 0. The number of Topliss-reactive ketones (excluding diaryl/α,β-unsaturated/α-hetero) is 3. The number of benzene rings is 3. The standard InChI is InChI=1S/C35H26N2O8/c38-28(22-9-3-1-4-10-22)17-21-15-16-26(29(39)18-21)31(35(44)45-20-30(40)23-11-5-2-6-12-23)36-19-27(34(36)43)37-32(41)24-13-7-8-14-25(24)33(37)42/h1-16,27,31H,17-20H2. The van der Waals surface area contributed by atoms with Gasteiger partial charge < -0.3 is 9.64 Å². The first-order valence-electron chi connectivity index (χ1n) is 14.3. The van der Waals surface area contributed by atoms with Crippen LogP contribution in [-0.4, -0.2) is 76.1 Å². The minimum Gasteiger partial charge on any atom is -0.455 e. The summed E-state index contributed by atoms with van der Waals surface area (Å²) < 4.78 is 5.33. The number of ether oxygens (including phenoxy) is 1. The van der Waals surface area contributed by atoms with Crippen molar-refractivity contribution in [3.05, 3.63) is 130 Å². The van der Waals surface area contributed by atoms with Crippen LogP contribution in [0, 0.1) is 0 Å². The molecule has 2 atom stereocenters. The summed E-state index contributed by atoms with van der Waals surface area (Å²) in [6, 6.07) is 20.3. The van der Waals surface area contributed by atoms with E-state index in [1.807, 2.05) is 0 Å². The lowest BCUT2D eigenvalue weighted by Gasteiger charge is -2.45. The van der Waals surface area contributed by atoms with Crippen molar-refractivity contribution in [1.82, 2.24) is 9.80 Å². The van der Waals surface area contributed by atoms with E-state index in [1.54, 1.807) is 78.9 Å². The number of imide groups is 1. The van der Waals surface area contributed by atoms with Crippen molar-refractivity contribution in [3.8, 4) is 0 Å². The van der Waals surface area contributed by atoms with E-state index in [1.165, 1.54) is 18.2 Å². The lowest BCUT2D eigenvalue weighted by Crippen LogP contribution is -2.69. The van der Waals surface area contributed by atoms with Gasteiger partial charge >= 0.3 is 5.97 Å². The zero-order chi connectivity index (χ0) is 31.7. The highest BCUT2D eigenvalue weighted by atomic mass is 16.5. The van der Waals surface area contributed by atoms with Crippen LogP contribution < -0.4 is 0 Å². The molecule has 6 rings (SSSR count). The van der Waals surface area contributed by atoms with Crippen molar-refractivity contribution in [2.24, 2.45) is 0 Å². The van der Waals surface area contributed by atoms with E-state index >= 15 is 0 Å². The van der Waals surface area contributed by atoms with E-state index in [0.717, 1.165) is 9.80 Å². The highest BCUT2D eigenvalue weighted by Crippen LogP contribution is 2.33. The monoisotopic (exact) mass is 602 g/mol. The van der Waals surface area contributed by atoms with E-state index in [4.69, 9.17) is 4.74 Å². The van der Waals surface area contributed by atoms with Crippen LogP contribution in [0.4, 0.5) is 0 Å². The zero-order valence-electron chi connectivity index (χ0n) is 23.9. The number of hydrogen-bond acceptors (Lipinski definition) is 8. The molecule has 10 heteroatoms. The van der Waals surface area contributed by atoms with Gasteiger partial charge in [0.15, 0.2) is 30.0 Å². The van der Waals surface area contributed by atoms with Crippen LogP contribution in [0.25, 0.3) is 0 Å². The number of fused-ring (bicyclic) bond motifs is 1. The van der Waals surface area contributed by atoms with Crippen molar-refractivity contribution in [1.29, 1.82) is 0 Å². The molecule has 0 radical (unpaired) electrons. The summed E-state index contributed by atoms with van der Waals surface area (Å²) in [4.78, 5) is 93.7. The topological polar surface area (TPSA) is 135 Å². The van der Waals surface area contributed by atoms with Gasteiger partial charge in [-0.25, -0.2) is 4.79 Å². The second-order valence-electron chi connectivity index (χ2n) is 10.8. The number of likely N-dealkylation sites (tertiary alicyclic amines) is 1. The molecular weight excluding hydrogens is 576 g/mol. The predicted molar refractivity (Wildman–Crippen MR) is 159 cm³/mol. The lowest BCUT2D eigenvalue weighted by atomic mass is 9.87. The molecule has 0 saturated carbocycles. The fourth-order valence-corrected chi connectivity index (χ4v) is 5.66. The van der Waals surface area contributed by atoms with Gasteiger partial charge in [0.2, 0.25) is 5.91 Å². The van der Waals surface area contributed by atoms with Gasteiger partial charge in [-0.3, -0.25) is 33.7 Å². The van der Waals surface area contributed by atoms with Gasteiger partial charge in [0.05, 0.1) is 17.7 Å². The van der Waals surface area contributed by atoms with E-state index < -0.39 is 53.9 Å². The third-order valence-corrected chi connectivity index (χ3v) is 8.04. The van der Waals surface area contributed by atoms with Crippen LogP contribution in [0.2, 0.25) is 0 Å². The second-order valence-corrected chi connectivity index (χ2v) is 10.8. The average molecular weight is 603 g/mol. The SMILES string of the molecule is O=C1CC(CC(=O)c2ccccc2)=CC=C1C(C(=O)OCC(=O)c1ccccc1)N1CC(N2C(=O)c3ccccc3C2=O)C1=O. The Morgan fingerprint density at radius 1 is 0.733 bits per heavy atom. The summed E-state index contributed by atoms with van der Waals surface area (Å²) in [5, 5.41) is 0. The minimum atomic E-state index is -1.53. The maximum Gasteiger partial charge on any atom is 0.334 e. The van der Waals surface area contributed by atoms with E-state index in [2.05, 4.69) is 0 Å². The van der Waals surface area contributed by atoms with E-state index in [9.17, 15) is 33.6 Å². The summed E-state index contributed by atoms with van der Waals surface area (Å²) >= 11 is 0.